The second-order valence-corrected chi connectivity index (χ2v) is 10.0. The van der Waals surface area contributed by atoms with Gasteiger partial charge in [-0.25, -0.2) is 15.0 Å². The van der Waals surface area contributed by atoms with E-state index in [1.807, 2.05) is 73.7 Å². The minimum atomic E-state index is -1.16. The van der Waals surface area contributed by atoms with E-state index in [1.54, 1.807) is 23.0 Å². The molecule has 0 bridgehead atoms. The van der Waals surface area contributed by atoms with Crippen molar-refractivity contribution in [2.45, 2.75) is 37.9 Å². The molecule has 1 aliphatic heterocycles. The van der Waals surface area contributed by atoms with Gasteiger partial charge in [0.15, 0.2) is 23.2 Å². The summed E-state index contributed by atoms with van der Waals surface area (Å²) < 4.78 is 7.67. The van der Waals surface area contributed by atoms with E-state index >= 15 is 0 Å². The molecule has 0 unspecified atom stereocenters. The van der Waals surface area contributed by atoms with Crippen LogP contribution in [0.2, 0.25) is 0 Å². The third kappa shape index (κ3) is 5.28. The molecule has 1 saturated heterocycles. The van der Waals surface area contributed by atoms with Gasteiger partial charge in [-0.05, 0) is 41.3 Å². The summed E-state index contributed by atoms with van der Waals surface area (Å²) in [5, 5.41) is 27.1. The first-order valence-corrected chi connectivity index (χ1v) is 13.4. The van der Waals surface area contributed by atoms with E-state index < -0.39 is 31.1 Å². The monoisotopic (exact) mass is 550 g/mol. The Bertz CT molecular complexity index is 1660. The van der Waals surface area contributed by atoms with Crippen LogP contribution >= 0.6 is 0 Å². The Hall–Kier alpha value is -4.64. The number of aliphatic hydroxyl groups excluding tert-OH is 2. The number of hydrogen-bond acceptors (Lipinski definition) is 8. The van der Waals surface area contributed by atoms with Gasteiger partial charge in [-0.1, -0.05) is 66.7 Å². The zero-order valence-corrected chi connectivity index (χ0v) is 22.4. The van der Waals surface area contributed by atoms with Crippen molar-refractivity contribution in [3.8, 4) is 11.1 Å². The number of anilines is 1. The molecule has 41 heavy (non-hydrogen) atoms. The highest BCUT2D eigenvalue weighted by Gasteiger charge is 2.46. The topological polar surface area (TPSA) is 134 Å². The molecule has 10 nitrogen and oxygen atoms in total. The molecule has 0 radical (unpaired) electrons. The van der Waals surface area contributed by atoms with Crippen LogP contribution in [0.5, 0.6) is 0 Å². The number of imidazole rings is 1. The number of carbonyl (C=O) groups excluding carboxylic acids is 1. The van der Waals surface area contributed by atoms with Gasteiger partial charge in [0.05, 0.1) is 12.9 Å². The molecular formula is C31H30N6O4. The molecular weight excluding hydrogens is 520 g/mol. The van der Waals surface area contributed by atoms with Crippen molar-refractivity contribution in [3.05, 3.63) is 108 Å². The van der Waals surface area contributed by atoms with Gasteiger partial charge in [0, 0.05) is 12.1 Å². The fourth-order valence-electron chi connectivity index (χ4n) is 5.12. The van der Waals surface area contributed by atoms with Gasteiger partial charge in [-0.15, -0.1) is 0 Å². The van der Waals surface area contributed by atoms with Crippen LogP contribution in [0.15, 0.2) is 91.5 Å². The fraction of sp³-hybridized carbons (Fsp3) is 0.226. The summed E-state index contributed by atoms with van der Waals surface area (Å²) in [5.41, 5.74) is 5.75. The predicted molar refractivity (Wildman–Crippen MR) is 154 cm³/mol. The lowest BCUT2D eigenvalue weighted by Crippen LogP contribution is -2.46. The Kier molecular flexibility index (Phi) is 7.43. The van der Waals surface area contributed by atoms with E-state index in [1.165, 1.54) is 6.33 Å². The number of aromatic nitrogens is 4. The van der Waals surface area contributed by atoms with Crippen molar-refractivity contribution in [2.24, 2.45) is 0 Å². The molecule has 2 aromatic heterocycles. The van der Waals surface area contributed by atoms with E-state index in [9.17, 15) is 15.0 Å². The fourth-order valence-corrected chi connectivity index (χ4v) is 5.12. The number of ether oxygens (including phenoxy) is 1. The van der Waals surface area contributed by atoms with Crippen LogP contribution in [-0.4, -0.2) is 60.5 Å². The Balaban J connectivity index is 1.24. The third-order valence-corrected chi connectivity index (χ3v) is 7.44. The van der Waals surface area contributed by atoms with Gasteiger partial charge in [-0.3, -0.25) is 9.36 Å². The zero-order valence-electron chi connectivity index (χ0n) is 22.4. The van der Waals surface area contributed by atoms with Crippen LogP contribution in [0.4, 0.5) is 5.82 Å². The minimum absolute atomic E-state index is 0.375. The number of rotatable bonds is 8. The molecule has 0 spiro atoms. The summed E-state index contributed by atoms with van der Waals surface area (Å²) >= 11 is 0. The van der Waals surface area contributed by atoms with E-state index in [0.717, 1.165) is 22.3 Å². The number of benzene rings is 3. The molecule has 10 heteroatoms. The summed E-state index contributed by atoms with van der Waals surface area (Å²) in [6, 6.07) is 24.3. The van der Waals surface area contributed by atoms with E-state index in [2.05, 4.69) is 25.6 Å². The van der Waals surface area contributed by atoms with E-state index in [0.29, 0.717) is 29.1 Å². The number of carbonyl (C=O) groups is 1. The van der Waals surface area contributed by atoms with Crippen LogP contribution in [0.1, 0.15) is 27.7 Å². The molecule has 0 aliphatic carbocycles. The number of amides is 1. The number of nitrogens with zero attached hydrogens (tertiary/aromatic N) is 4. The minimum Gasteiger partial charge on any atom is -0.394 e. The first kappa shape index (κ1) is 26.6. The Morgan fingerprint density at radius 2 is 1.68 bits per heavy atom. The lowest BCUT2D eigenvalue weighted by Gasteiger charge is -2.23. The quantitative estimate of drug-likeness (QED) is 0.231. The van der Waals surface area contributed by atoms with Gasteiger partial charge in [-0.2, -0.15) is 0 Å². The highest BCUT2D eigenvalue weighted by Crippen LogP contribution is 2.33. The molecule has 0 saturated carbocycles. The normalized spacial score (nSPS) is 20.3. The summed E-state index contributed by atoms with van der Waals surface area (Å²) in [6.07, 6.45) is 0.0544. The van der Waals surface area contributed by atoms with Crippen molar-refractivity contribution in [2.75, 3.05) is 11.9 Å². The van der Waals surface area contributed by atoms with Gasteiger partial charge in [0.1, 0.15) is 24.6 Å². The summed E-state index contributed by atoms with van der Waals surface area (Å²) in [7, 11) is 0. The van der Waals surface area contributed by atoms with Crippen molar-refractivity contribution >= 4 is 22.9 Å². The lowest BCUT2D eigenvalue weighted by molar-refractivity contribution is -0.0440. The van der Waals surface area contributed by atoms with Gasteiger partial charge >= 0.3 is 0 Å². The summed E-state index contributed by atoms with van der Waals surface area (Å²) in [4.78, 5) is 26.6. The second-order valence-electron chi connectivity index (χ2n) is 10.0. The van der Waals surface area contributed by atoms with Gasteiger partial charge in [0.25, 0.3) is 5.91 Å². The Labute approximate surface area is 236 Å². The number of hydrogen-bond donors (Lipinski definition) is 4. The second kappa shape index (κ2) is 11.5. The number of aryl methyl sites for hydroxylation is 1. The van der Waals surface area contributed by atoms with Crippen molar-refractivity contribution < 1.29 is 19.7 Å². The first-order chi connectivity index (χ1) is 20.0. The summed E-state index contributed by atoms with van der Waals surface area (Å²) in [6.45, 7) is 2.19. The Morgan fingerprint density at radius 3 is 2.44 bits per heavy atom. The third-order valence-electron chi connectivity index (χ3n) is 7.44. The maximum atomic E-state index is 13.3. The molecule has 6 rings (SSSR count). The number of aliphatic hydroxyl groups is 2. The molecule has 1 aliphatic rings. The van der Waals surface area contributed by atoms with Crippen LogP contribution in [0.3, 0.4) is 0 Å². The Morgan fingerprint density at radius 1 is 0.951 bits per heavy atom. The number of nitrogens with one attached hydrogen (secondary N) is 2. The largest absolute Gasteiger partial charge is 0.394 e. The highest BCUT2D eigenvalue weighted by molar-refractivity contribution is 5.95. The van der Waals surface area contributed by atoms with Crippen molar-refractivity contribution in [3.63, 3.8) is 0 Å². The first-order valence-electron chi connectivity index (χ1n) is 13.4. The van der Waals surface area contributed by atoms with Crippen molar-refractivity contribution in [1.82, 2.24) is 24.8 Å². The molecule has 5 aromatic rings. The van der Waals surface area contributed by atoms with E-state index in [-0.39, 0.29) is 5.91 Å². The lowest BCUT2D eigenvalue weighted by atomic mass is 10.0. The molecule has 208 valence electrons. The molecule has 3 aromatic carbocycles. The van der Waals surface area contributed by atoms with Gasteiger partial charge < -0.3 is 25.6 Å². The van der Waals surface area contributed by atoms with E-state index in [4.69, 9.17) is 4.74 Å². The standard InChI is InChI=1S/C31H30N6O4/c1-19-7-5-6-10-23(19)15-32-28-26-29(34-17-33-28)37(18-35-26)31-25(27(39)24(16-38)41-31)36-30(40)22-13-11-21(12-14-22)20-8-3-2-4-9-20/h2-14,17-18,24-25,27,31,38-39H,15-16H2,1H3,(H,36,40)(H,32,33,34)/t24-,25-,27-,31-/m1/s1. The average Bonchev–Trinajstić information content (AvgIpc) is 3.58. The van der Waals surface area contributed by atoms with Crippen molar-refractivity contribution in [1.29, 1.82) is 0 Å². The maximum absolute atomic E-state index is 13.3. The molecule has 4 N–H and O–H groups in total. The number of fused-ring (bicyclic) bond motifs is 1. The SMILES string of the molecule is Cc1ccccc1CNc1ncnc2c1ncn2[C@@H]1O[C@H](CO)[C@@H](O)[C@H]1NC(=O)c1ccc(-c2ccccc2)cc1. The molecule has 1 amide bonds. The molecule has 3 heterocycles. The van der Waals surface area contributed by atoms with Crippen LogP contribution in [-0.2, 0) is 11.3 Å². The van der Waals surface area contributed by atoms with Gasteiger partial charge in [0.2, 0.25) is 0 Å². The van der Waals surface area contributed by atoms with Crippen LogP contribution in [0.25, 0.3) is 22.3 Å². The van der Waals surface area contributed by atoms with Crippen LogP contribution in [0, 0.1) is 6.92 Å². The average molecular weight is 551 g/mol. The van der Waals surface area contributed by atoms with Crippen LogP contribution < -0.4 is 10.6 Å². The highest BCUT2D eigenvalue weighted by atomic mass is 16.5. The summed E-state index contributed by atoms with van der Waals surface area (Å²) in [5.74, 6) is 0.175. The zero-order chi connectivity index (χ0) is 28.3. The maximum Gasteiger partial charge on any atom is 0.251 e. The molecule has 1 fully saturated rings. The molecule has 4 atom stereocenters. The predicted octanol–water partition coefficient (Wildman–Crippen LogP) is 3.46. The smallest absolute Gasteiger partial charge is 0.251 e.